The van der Waals surface area contributed by atoms with Crippen molar-refractivity contribution in [2.24, 2.45) is 0 Å². The van der Waals surface area contributed by atoms with Gasteiger partial charge in [-0.2, -0.15) is 4.31 Å². The molecule has 0 spiro atoms. The van der Waals surface area contributed by atoms with Gasteiger partial charge in [-0.15, -0.1) is 0 Å². The lowest BCUT2D eigenvalue weighted by Crippen LogP contribution is -2.33. The third kappa shape index (κ3) is 3.93. The highest BCUT2D eigenvalue weighted by Gasteiger charge is 2.35. The first-order chi connectivity index (χ1) is 9.63. The highest BCUT2D eigenvalue weighted by Crippen LogP contribution is 2.25. The molecule has 1 aliphatic heterocycles. The van der Waals surface area contributed by atoms with E-state index >= 15 is 0 Å². The summed E-state index contributed by atoms with van der Waals surface area (Å²) in [6.45, 7) is 2.63. The van der Waals surface area contributed by atoms with Crippen molar-refractivity contribution in [3.05, 3.63) is 42.0 Å². The van der Waals surface area contributed by atoms with Crippen LogP contribution < -0.4 is 0 Å². The summed E-state index contributed by atoms with van der Waals surface area (Å²) in [4.78, 5) is 0. The minimum absolute atomic E-state index is 0.195. The molecule has 0 amide bonds. The lowest BCUT2D eigenvalue weighted by molar-refractivity contribution is 0.344. The largest absolute Gasteiger partial charge is 0.214 e. The molecule has 1 aliphatic rings. The molecule has 0 saturated carbocycles. The molecule has 1 unspecified atom stereocenters. The van der Waals surface area contributed by atoms with Crippen LogP contribution in [0, 0.1) is 0 Å². The van der Waals surface area contributed by atoms with Gasteiger partial charge in [-0.25, -0.2) is 8.42 Å². The Morgan fingerprint density at radius 3 is 2.75 bits per heavy atom. The van der Waals surface area contributed by atoms with Crippen LogP contribution in [0.3, 0.4) is 0 Å². The van der Waals surface area contributed by atoms with E-state index in [1.54, 1.807) is 4.31 Å². The van der Waals surface area contributed by atoms with Crippen molar-refractivity contribution in [1.82, 2.24) is 4.31 Å². The van der Waals surface area contributed by atoms with Gasteiger partial charge in [-0.3, -0.25) is 0 Å². The summed E-state index contributed by atoms with van der Waals surface area (Å²) >= 11 is 0. The summed E-state index contributed by atoms with van der Waals surface area (Å²) in [6, 6.07) is 10.2. The number of unbranched alkanes of at least 4 members (excludes halogenated alkanes) is 1. The van der Waals surface area contributed by atoms with Crippen molar-refractivity contribution in [2.45, 2.75) is 38.6 Å². The predicted octanol–water partition coefficient (Wildman–Crippen LogP) is 3.29. The fourth-order valence-electron chi connectivity index (χ4n) is 2.62. The van der Waals surface area contributed by atoms with E-state index in [1.165, 1.54) is 0 Å². The first-order valence-corrected chi connectivity index (χ1v) is 8.95. The van der Waals surface area contributed by atoms with E-state index < -0.39 is 10.0 Å². The molecule has 1 atom stereocenters. The van der Waals surface area contributed by atoms with Crippen molar-refractivity contribution < 1.29 is 8.42 Å². The van der Waals surface area contributed by atoms with Gasteiger partial charge in [0.05, 0.1) is 5.75 Å². The van der Waals surface area contributed by atoms with E-state index in [1.807, 2.05) is 42.5 Å². The monoisotopic (exact) mass is 293 g/mol. The standard InChI is InChI=1S/C16H23NO2S/c1-2-3-11-16-12-14-20(18,19)17(16)13-7-10-15-8-5-4-6-9-15/h4-10,16H,2-3,11-14H2,1H3. The zero-order valence-corrected chi connectivity index (χ0v) is 12.8. The molecule has 0 aliphatic carbocycles. The summed E-state index contributed by atoms with van der Waals surface area (Å²) in [7, 11) is -3.04. The zero-order chi connectivity index (χ0) is 14.4. The van der Waals surface area contributed by atoms with E-state index in [9.17, 15) is 8.42 Å². The quantitative estimate of drug-likeness (QED) is 0.807. The van der Waals surface area contributed by atoms with Crippen LogP contribution in [0.25, 0.3) is 6.08 Å². The van der Waals surface area contributed by atoms with Crippen LogP contribution in [-0.2, 0) is 10.0 Å². The Bertz CT molecular complexity index is 537. The van der Waals surface area contributed by atoms with Gasteiger partial charge in [-0.05, 0) is 18.4 Å². The molecule has 1 heterocycles. The average Bonchev–Trinajstić information content (AvgIpc) is 2.73. The Labute approximate surface area is 122 Å². The van der Waals surface area contributed by atoms with Crippen LogP contribution in [0.15, 0.2) is 36.4 Å². The van der Waals surface area contributed by atoms with E-state index in [0.29, 0.717) is 12.3 Å². The Balaban J connectivity index is 1.99. The summed E-state index contributed by atoms with van der Waals surface area (Å²) < 4.78 is 25.8. The minimum atomic E-state index is -3.04. The smallest absolute Gasteiger partial charge is 0.212 e. The molecular formula is C16H23NO2S. The summed E-state index contributed by atoms with van der Waals surface area (Å²) in [6.07, 6.45) is 7.92. The fraction of sp³-hybridized carbons (Fsp3) is 0.500. The zero-order valence-electron chi connectivity index (χ0n) is 12.0. The lowest BCUT2D eigenvalue weighted by Gasteiger charge is -2.21. The Hall–Kier alpha value is -1.13. The van der Waals surface area contributed by atoms with E-state index in [0.717, 1.165) is 31.2 Å². The molecule has 20 heavy (non-hydrogen) atoms. The molecule has 0 N–H and O–H groups in total. The fourth-order valence-corrected chi connectivity index (χ4v) is 4.40. The van der Waals surface area contributed by atoms with Crippen LogP contribution in [0.1, 0.15) is 38.2 Å². The van der Waals surface area contributed by atoms with Gasteiger partial charge in [0.2, 0.25) is 10.0 Å². The number of sulfonamides is 1. The average molecular weight is 293 g/mol. The van der Waals surface area contributed by atoms with Crippen LogP contribution >= 0.6 is 0 Å². The molecule has 1 fully saturated rings. The van der Waals surface area contributed by atoms with Crippen molar-refractivity contribution in [3.8, 4) is 0 Å². The molecule has 2 rings (SSSR count). The Morgan fingerprint density at radius 2 is 2.05 bits per heavy atom. The predicted molar refractivity (Wildman–Crippen MR) is 83.9 cm³/mol. The van der Waals surface area contributed by atoms with Gasteiger partial charge in [-0.1, -0.05) is 62.2 Å². The van der Waals surface area contributed by atoms with Gasteiger partial charge in [0.15, 0.2) is 0 Å². The third-order valence-corrected chi connectivity index (χ3v) is 5.67. The number of benzene rings is 1. The highest BCUT2D eigenvalue weighted by molar-refractivity contribution is 7.89. The molecule has 0 radical (unpaired) electrons. The van der Waals surface area contributed by atoms with E-state index in [2.05, 4.69) is 6.92 Å². The van der Waals surface area contributed by atoms with Gasteiger partial charge < -0.3 is 0 Å². The van der Waals surface area contributed by atoms with Crippen molar-refractivity contribution >= 4 is 16.1 Å². The lowest BCUT2D eigenvalue weighted by atomic mass is 10.1. The molecule has 110 valence electrons. The molecule has 0 bridgehead atoms. The highest BCUT2D eigenvalue weighted by atomic mass is 32.2. The second-order valence-electron chi connectivity index (χ2n) is 5.28. The van der Waals surface area contributed by atoms with E-state index in [-0.39, 0.29) is 6.04 Å². The normalized spacial score (nSPS) is 22.6. The van der Waals surface area contributed by atoms with Crippen LogP contribution in [0.2, 0.25) is 0 Å². The van der Waals surface area contributed by atoms with Gasteiger partial charge in [0.25, 0.3) is 0 Å². The summed E-state index contributed by atoms with van der Waals surface area (Å²) in [5.74, 6) is 0.306. The SMILES string of the molecule is CCCCC1CCS(=O)(=O)N1CC=Cc1ccccc1. The number of hydrogen-bond donors (Lipinski definition) is 0. The van der Waals surface area contributed by atoms with Crippen LogP contribution in [0.4, 0.5) is 0 Å². The maximum atomic E-state index is 12.1. The molecule has 1 saturated heterocycles. The number of nitrogens with zero attached hydrogens (tertiary/aromatic N) is 1. The maximum Gasteiger partial charge on any atom is 0.214 e. The second-order valence-corrected chi connectivity index (χ2v) is 7.32. The summed E-state index contributed by atoms with van der Waals surface area (Å²) in [5, 5.41) is 0. The van der Waals surface area contributed by atoms with Crippen molar-refractivity contribution in [3.63, 3.8) is 0 Å². The third-order valence-electron chi connectivity index (χ3n) is 3.76. The van der Waals surface area contributed by atoms with Crippen LogP contribution in [-0.4, -0.2) is 31.1 Å². The van der Waals surface area contributed by atoms with Gasteiger partial charge in [0, 0.05) is 12.6 Å². The minimum Gasteiger partial charge on any atom is -0.212 e. The second kappa shape index (κ2) is 7.04. The topological polar surface area (TPSA) is 37.4 Å². The van der Waals surface area contributed by atoms with Gasteiger partial charge >= 0.3 is 0 Å². The summed E-state index contributed by atoms with van der Waals surface area (Å²) in [5.41, 5.74) is 1.11. The first-order valence-electron chi connectivity index (χ1n) is 7.34. The van der Waals surface area contributed by atoms with Gasteiger partial charge in [0.1, 0.15) is 0 Å². The Morgan fingerprint density at radius 1 is 1.30 bits per heavy atom. The van der Waals surface area contributed by atoms with Crippen molar-refractivity contribution in [2.75, 3.05) is 12.3 Å². The van der Waals surface area contributed by atoms with E-state index in [4.69, 9.17) is 0 Å². The number of rotatable bonds is 6. The number of hydrogen-bond acceptors (Lipinski definition) is 2. The molecule has 4 heteroatoms. The maximum absolute atomic E-state index is 12.1. The Kier molecular flexibility index (Phi) is 5.38. The molecule has 1 aromatic carbocycles. The molecule has 3 nitrogen and oxygen atoms in total. The molecule has 1 aromatic rings. The van der Waals surface area contributed by atoms with Crippen molar-refractivity contribution in [1.29, 1.82) is 0 Å². The molecule has 0 aromatic heterocycles. The van der Waals surface area contributed by atoms with Crippen LogP contribution in [0.5, 0.6) is 0 Å². The molecular weight excluding hydrogens is 270 g/mol. The first kappa shape index (κ1) is 15.3.